The number of hydrogen-bond acceptors (Lipinski definition) is 6. The first kappa shape index (κ1) is 28.9. The Kier molecular flexibility index (Phi) is 10.3. The molecule has 0 saturated carbocycles. The molecule has 0 spiro atoms. The summed E-state index contributed by atoms with van der Waals surface area (Å²) in [5, 5.41) is 26.5. The van der Waals surface area contributed by atoms with E-state index in [1.54, 1.807) is 36.4 Å². The van der Waals surface area contributed by atoms with Gasteiger partial charge in [-0.15, -0.1) is 0 Å². The predicted octanol–water partition coefficient (Wildman–Crippen LogP) is 2.86. The molecule has 0 aliphatic carbocycles. The van der Waals surface area contributed by atoms with Gasteiger partial charge >= 0.3 is 18.1 Å². The van der Waals surface area contributed by atoms with Crippen LogP contribution in [-0.2, 0) is 9.59 Å². The number of amides is 1. The number of benzene rings is 2. The summed E-state index contributed by atoms with van der Waals surface area (Å²) in [6, 6.07) is 13.3. The van der Waals surface area contributed by atoms with Crippen LogP contribution in [-0.4, -0.2) is 65.8 Å². The summed E-state index contributed by atoms with van der Waals surface area (Å²) < 4.78 is 37.4. The summed E-state index contributed by atoms with van der Waals surface area (Å²) in [6.45, 7) is 2.02. The Labute approximate surface area is 210 Å². The molecule has 1 atom stereocenters. The maximum atomic E-state index is 12.6. The Morgan fingerprint density at radius 3 is 2.16 bits per heavy atom. The van der Waals surface area contributed by atoms with Crippen LogP contribution >= 0.6 is 0 Å². The van der Waals surface area contributed by atoms with E-state index in [1.165, 1.54) is 12.8 Å². The summed E-state index contributed by atoms with van der Waals surface area (Å²) >= 11 is 0. The van der Waals surface area contributed by atoms with E-state index in [0.717, 1.165) is 18.8 Å². The van der Waals surface area contributed by atoms with Crippen molar-refractivity contribution in [3.63, 3.8) is 0 Å². The number of carbonyl (C=O) groups is 3. The third kappa shape index (κ3) is 9.70. The lowest BCUT2D eigenvalue weighted by Crippen LogP contribution is -2.40. The predicted molar refractivity (Wildman–Crippen MR) is 128 cm³/mol. The number of carbonyl (C=O) groups excluding carboxylic acids is 1. The molecule has 37 heavy (non-hydrogen) atoms. The zero-order valence-corrected chi connectivity index (χ0v) is 19.6. The van der Waals surface area contributed by atoms with Crippen LogP contribution in [0.1, 0.15) is 35.2 Å². The zero-order chi connectivity index (χ0) is 27.6. The SMILES string of the molecule is N=C(N)c1cccc(OC[C@@H](CC(=O)O)NC(=O)c2ccc(N3CCCC3)cc2)c1.O=C(O)C(F)(F)F. The molecule has 1 heterocycles. The van der Waals surface area contributed by atoms with Gasteiger partial charge in [0.25, 0.3) is 5.91 Å². The molecule has 10 nitrogen and oxygen atoms in total. The van der Waals surface area contributed by atoms with E-state index in [0.29, 0.717) is 16.9 Å². The van der Waals surface area contributed by atoms with Crippen molar-refractivity contribution in [1.29, 1.82) is 5.41 Å². The minimum absolute atomic E-state index is 0.0226. The lowest BCUT2D eigenvalue weighted by molar-refractivity contribution is -0.192. The van der Waals surface area contributed by atoms with Gasteiger partial charge in [-0.25, -0.2) is 4.79 Å². The van der Waals surface area contributed by atoms with Crippen LogP contribution in [0.2, 0.25) is 0 Å². The highest BCUT2D eigenvalue weighted by Crippen LogP contribution is 2.20. The van der Waals surface area contributed by atoms with Crippen LogP contribution in [0.15, 0.2) is 48.5 Å². The van der Waals surface area contributed by atoms with Crippen molar-refractivity contribution >= 4 is 29.4 Å². The van der Waals surface area contributed by atoms with Crippen molar-refractivity contribution in [2.75, 3.05) is 24.6 Å². The molecule has 3 rings (SSSR count). The maximum absolute atomic E-state index is 12.6. The van der Waals surface area contributed by atoms with Gasteiger partial charge in [0.05, 0.1) is 12.5 Å². The highest BCUT2D eigenvalue weighted by molar-refractivity contribution is 5.95. The van der Waals surface area contributed by atoms with Gasteiger partial charge in [0.1, 0.15) is 18.2 Å². The van der Waals surface area contributed by atoms with Crippen LogP contribution in [0, 0.1) is 5.41 Å². The van der Waals surface area contributed by atoms with Gasteiger partial charge in [0, 0.05) is 29.9 Å². The van der Waals surface area contributed by atoms with Gasteiger partial charge in [0.15, 0.2) is 0 Å². The molecular weight excluding hydrogens is 497 g/mol. The van der Waals surface area contributed by atoms with Crippen LogP contribution in [0.4, 0.5) is 18.9 Å². The van der Waals surface area contributed by atoms with E-state index < -0.39 is 24.2 Å². The van der Waals surface area contributed by atoms with Gasteiger partial charge < -0.3 is 30.9 Å². The summed E-state index contributed by atoms with van der Waals surface area (Å²) in [6.07, 6.45) is -3.01. The van der Waals surface area contributed by atoms with Crippen molar-refractivity contribution < 1.29 is 42.5 Å². The fraction of sp³-hybridized carbons (Fsp3) is 0.333. The third-order valence-corrected chi connectivity index (χ3v) is 5.20. The fourth-order valence-electron chi connectivity index (χ4n) is 3.38. The molecule has 1 fully saturated rings. The minimum atomic E-state index is -5.08. The number of rotatable bonds is 9. The number of hydrogen-bond donors (Lipinski definition) is 5. The number of nitrogens with two attached hydrogens (primary N) is 1. The number of halogens is 3. The number of amidine groups is 1. The van der Waals surface area contributed by atoms with Crippen LogP contribution in [0.3, 0.4) is 0 Å². The molecule has 0 unspecified atom stereocenters. The number of nitrogens with zero attached hydrogens (tertiary/aromatic N) is 1. The molecule has 200 valence electrons. The number of anilines is 1. The molecule has 1 aliphatic rings. The monoisotopic (exact) mass is 524 g/mol. The van der Waals surface area contributed by atoms with Gasteiger partial charge in [0.2, 0.25) is 0 Å². The molecule has 2 aromatic carbocycles. The average Bonchev–Trinajstić information content (AvgIpc) is 3.37. The summed E-state index contributed by atoms with van der Waals surface area (Å²) in [4.78, 5) is 35.0. The largest absolute Gasteiger partial charge is 0.491 e. The second kappa shape index (κ2) is 13.1. The Morgan fingerprint density at radius 1 is 1.05 bits per heavy atom. The second-order valence-electron chi connectivity index (χ2n) is 8.06. The lowest BCUT2D eigenvalue weighted by Gasteiger charge is -2.19. The molecule has 6 N–H and O–H groups in total. The van der Waals surface area contributed by atoms with Crippen molar-refractivity contribution in [3.05, 3.63) is 59.7 Å². The molecule has 1 amide bonds. The zero-order valence-electron chi connectivity index (χ0n) is 19.6. The van der Waals surface area contributed by atoms with Crippen LogP contribution in [0.25, 0.3) is 0 Å². The van der Waals surface area contributed by atoms with Gasteiger partial charge in [-0.1, -0.05) is 12.1 Å². The molecule has 13 heteroatoms. The fourth-order valence-corrected chi connectivity index (χ4v) is 3.38. The second-order valence-corrected chi connectivity index (χ2v) is 8.06. The molecule has 0 bridgehead atoms. The van der Waals surface area contributed by atoms with E-state index in [2.05, 4.69) is 10.2 Å². The topological polar surface area (TPSA) is 166 Å². The van der Waals surface area contributed by atoms with Gasteiger partial charge in [-0.05, 0) is 49.2 Å². The van der Waals surface area contributed by atoms with E-state index in [-0.39, 0.29) is 24.8 Å². The van der Waals surface area contributed by atoms with Crippen molar-refractivity contribution in [2.24, 2.45) is 5.73 Å². The number of aliphatic carboxylic acids is 2. The number of nitrogens with one attached hydrogen (secondary N) is 2. The standard InChI is InChI=1S/C22H26N4O4.C2HF3O2/c23-21(24)16-4-3-5-19(12-16)30-14-17(13-20(27)28)25-22(29)15-6-8-18(9-7-15)26-10-1-2-11-26;3-2(4,5)1(6)7/h3-9,12,17H,1-2,10-11,13-14H2,(H3,23,24)(H,25,29)(H,27,28);(H,6,7)/t17-;/m1./s1. The Morgan fingerprint density at radius 2 is 1.65 bits per heavy atom. The number of carboxylic acids is 2. The quantitative estimate of drug-likeness (QED) is 0.247. The highest BCUT2D eigenvalue weighted by atomic mass is 19.4. The van der Waals surface area contributed by atoms with E-state index in [1.807, 2.05) is 12.1 Å². The molecule has 2 aromatic rings. The van der Waals surface area contributed by atoms with E-state index >= 15 is 0 Å². The number of alkyl halides is 3. The first-order valence-electron chi connectivity index (χ1n) is 11.1. The third-order valence-electron chi connectivity index (χ3n) is 5.20. The first-order valence-corrected chi connectivity index (χ1v) is 11.1. The van der Waals surface area contributed by atoms with Crippen molar-refractivity contribution in [1.82, 2.24) is 5.32 Å². The van der Waals surface area contributed by atoms with Crippen LogP contribution < -0.4 is 20.7 Å². The lowest BCUT2D eigenvalue weighted by atomic mass is 10.1. The van der Waals surface area contributed by atoms with E-state index in [4.69, 9.17) is 25.8 Å². The molecule has 0 aromatic heterocycles. The summed E-state index contributed by atoms with van der Waals surface area (Å²) in [7, 11) is 0. The summed E-state index contributed by atoms with van der Waals surface area (Å²) in [5.41, 5.74) is 7.53. The van der Waals surface area contributed by atoms with Crippen LogP contribution in [0.5, 0.6) is 5.75 Å². The average molecular weight is 524 g/mol. The van der Waals surface area contributed by atoms with Crippen molar-refractivity contribution in [2.45, 2.75) is 31.5 Å². The smallest absolute Gasteiger partial charge is 0.490 e. The normalized spacial score (nSPS) is 13.6. The summed E-state index contributed by atoms with van der Waals surface area (Å²) in [5.74, 6) is -3.79. The molecular formula is C24H27F3N4O6. The van der Waals surface area contributed by atoms with E-state index in [9.17, 15) is 27.9 Å². The Bertz CT molecular complexity index is 1100. The Hall–Kier alpha value is -4.29. The van der Waals surface area contributed by atoms with Gasteiger partial charge in [-0.2, -0.15) is 13.2 Å². The highest BCUT2D eigenvalue weighted by Gasteiger charge is 2.38. The number of nitrogen functional groups attached to an aromatic ring is 1. The maximum Gasteiger partial charge on any atom is 0.490 e. The first-order chi connectivity index (χ1) is 17.4. The molecule has 1 saturated heterocycles. The Balaban J connectivity index is 0.000000604. The van der Waals surface area contributed by atoms with Crippen molar-refractivity contribution in [3.8, 4) is 5.75 Å². The molecule has 1 aliphatic heterocycles. The van der Waals surface area contributed by atoms with Gasteiger partial charge in [-0.3, -0.25) is 15.0 Å². The molecule has 0 radical (unpaired) electrons. The number of carboxylic acid groups (broad SMARTS) is 2. The minimum Gasteiger partial charge on any atom is -0.491 e. The number of ether oxygens (including phenoxy) is 1.